The summed E-state index contributed by atoms with van der Waals surface area (Å²) in [5.41, 5.74) is -0.0551. The molecule has 0 saturated carbocycles. The highest BCUT2D eigenvalue weighted by atomic mass is 16.4. The number of benzene rings is 1. The van der Waals surface area contributed by atoms with Gasteiger partial charge in [-0.2, -0.15) is 0 Å². The van der Waals surface area contributed by atoms with Gasteiger partial charge in [-0.25, -0.2) is 9.78 Å². The van der Waals surface area contributed by atoms with Crippen LogP contribution in [-0.4, -0.2) is 34.6 Å². The summed E-state index contributed by atoms with van der Waals surface area (Å²) in [5.74, 6) is -0.878. The molecule has 2 rings (SSSR count). The monoisotopic (exact) mass is 287 g/mol. The van der Waals surface area contributed by atoms with Crippen LogP contribution in [0.3, 0.4) is 0 Å². The minimum atomic E-state index is -1.10. The van der Waals surface area contributed by atoms with Gasteiger partial charge in [0.2, 0.25) is 5.91 Å². The number of nitrogens with zero attached hydrogens (tertiary/aromatic N) is 1. The molecule has 0 aliphatic rings. The molecule has 0 aliphatic carbocycles. The average Bonchev–Trinajstić information content (AvgIpc) is 2.43. The van der Waals surface area contributed by atoms with Gasteiger partial charge in [-0.3, -0.25) is 4.79 Å². The SMILES string of the molecule is CC(C)NC(=O)CNc1nc(C(=O)O)cc2ccccc12. The van der Waals surface area contributed by atoms with E-state index in [2.05, 4.69) is 15.6 Å². The Hall–Kier alpha value is -2.63. The van der Waals surface area contributed by atoms with Crippen molar-refractivity contribution in [1.29, 1.82) is 0 Å². The summed E-state index contributed by atoms with van der Waals surface area (Å²) in [6.07, 6.45) is 0. The molecule has 0 atom stereocenters. The summed E-state index contributed by atoms with van der Waals surface area (Å²) in [5, 5.41) is 16.3. The topological polar surface area (TPSA) is 91.3 Å². The van der Waals surface area contributed by atoms with Crippen LogP contribution >= 0.6 is 0 Å². The summed E-state index contributed by atoms with van der Waals surface area (Å²) < 4.78 is 0. The number of anilines is 1. The summed E-state index contributed by atoms with van der Waals surface area (Å²) in [6.45, 7) is 3.78. The Kier molecular flexibility index (Phi) is 4.37. The quantitative estimate of drug-likeness (QED) is 0.781. The third kappa shape index (κ3) is 3.68. The lowest BCUT2D eigenvalue weighted by Crippen LogP contribution is -2.35. The Bertz CT molecular complexity index is 683. The van der Waals surface area contributed by atoms with E-state index in [1.54, 1.807) is 0 Å². The first-order chi connectivity index (χ1) is 9.97. The lowest BCUT2D eigenvalue weighted by atomic mass is 10.1. The lowest BCUT2D eigenvalue weighted by molar-refractivity contribution is -0.119. The highest BCUT2D eigenvalue weighted by Gasteiger charge is 2.11. The summed E-state index contributed by atoms with van der Waals surface area (Å²) >= 11 is 0. The lowest BCUT2D eigenvalue weighted by Gasteiger charge is -2.12. The zero-order chi connectivity index (χ0) is 15.4. The average molecular weight is 287 g/mol. The predicted octanol–water partition coefficient (Wildman–Crippen LogP) is 1.87. The van der Waals surface area contributed by atoms with Crippen molar-refractivity contribution in [2.75, 3.05) is 11.9 Å². The van der Waals surface area contributed by atoms with Crippen LogP contribution in [0.25, 0.3) is 10.8 Å². The summed E-state index contributed by atoms with van der Waals surface area (Å²) in [6, 6.07) is 8.86. The van der Waals surface area contributed by atoms with Gasteiger partial charge in [0.05, 0.1) is 6.54 Å². The molecule has 1 aromatic carbocycles. The van der Waals surface area contributed by atoms with E-state index in [9.17, 15) is 9.59 Å². The maximum absolute atomic E-state index is 11.7. The van der Waals surface area contributed by atoms with E-state index in [0.717, 1.165) is 10.8 Å². The van der Waals surface area contributed by atoms with Crippen molar-refractivity contribution in [3.8, 4) is 0 Å². The molecule has 2 aromatic rings. The van der Waals surface area contributed by atoms with Crippen molar-refractivity contribution in [1.82, 2.24) is 10.3 Å². The molecule has 1 heterocycles. The Morgan fingerprint density at radius 1 is 1.29 bits per heavy atom. The fourth-order valence-electron chi connectivity index (χ4n) is 1.98. The molecule has 0 spiro atoms. The van der Waals surface area contributed by atoms with Gasteiger partial charge in [0, 0.05) is 11.4 Å². The van der Waals surface area contributed by atoms with Gasteiger partial charge in [0.25, 0.3) is 0 Å². The first-order valence-electron chi connectivity index (χ1n) is 6.63. The minimum absolute atomic E-state index is 0.0399. The van der Waals surface area contributed by atoms with Crippen LogP contribution in [0.5, 0.6) is 0 Å². The van der Waals surface area contributed by atoms with Crippen LogP contribution in [0.2, 0.25) is 0 Å². The van der Waals surface area contributed by atoms with Gasteiger partial charge in [0.1, 0.15) is 5.82 Å². The minimum Gasteiger partial charge on any atom is -0.477 e. The van der Waals surface area contributed by atoms with Gasteiger partial charge in [0.15, 0.2) is 5.69 Å². The number of carboxylic acid groups (broad SMARTS) is 1. The van der Waals surface area contributed by atoms with Crippen molar-refractivity contribution >= 4 is 28.5 Å². The van der Waals surface area contributed by atoms with E-state index in [1.807, 2.05) is 38.1 Å². The van der Waals surface area contributed by atoms with E-state index in [-0.39, 0.29) is 24.2 Å². The van der Waals surface area contributed by atoms with Crippen molar-refractivity contribution in [3.05, 3.63) is 36.0 Å². The Labute approximate surface area is 122 Å². The number of amides is 1. The van der Waals surface area contributed by atoms with Crippen LogP contribution in [0.1, 0.15) is 24.3 Å². The smallest absolute Gasteiger partial charge is 0.354 e. The number of fused-ring (bicyclic) bond motifs is 1. The van der Waals surface area contributed by atoms with Crippen LogP contribution in [0, 0.1) is 0 Å². The number of carbonyl (C=O) groups excluding carboxylic acids is 1. The number of hydrogen-bond donors (Lipinski definition) is 3. The number of hydrogen-bond acceptors (Lipinski definition) is 4. The molecule has 21 heavy (non-hydrogen) atoms. The van der Waals surface area contributed by atoms with Crippen molar-refractivity contribution in [3.63, 3.8) is 0 Å². The molecule has 0 fully saturated rings. The van der Waals surface area contributed by atoms with Gasteiger partial charge in [-0.05, 0) is 25.3 Å². The number of rotatable bonds is 5. The maximum atomic E-state index is 11.7. The highest BCUT2D eigenvalue weighted by molar-refractivity contribution is 5.98. The number of aromatic carboxylic acids is 1. The second-order valence-corrected chi connectivity index (χ2v) is 4.96. The zero-order valence-electron chi connectivity index (χ0n) is 11.9. The molecule has 0 unspecified atom stereocenters. The number of carbonyl (C=O) groups is 2. The van der Waals surface area contributed by atoms with Gasteiger partial charge < -0.3 is 15.7 Å². The molecule has 1 aromatic heterocycles. The van der Waals surface area contributed by atoms with Crippen LogP contribution < -0.4 is 10.6 Å². The number of nitrogens with one attached hydrogen (secondary N) is 2. The van der Waals surface area contributed by atoms with Crippen LogP contribution in [-0.2, 0) is 4.79 Å². The summed E-state index contributed by atoms with van der Waals surface area (Å²) in [4.78, 5) is 26.8. The van der Waals surface area contributed by atoms with Gasteiger partial charge in [-0.1, -0.05) is 24.3 Å². The number of pyridine rings is 1. The molecule has 0 saturated heterocycles. The maximum Gasteiger partial charge on any atom is 0.354 e. The second kappa shape index (κ2) is 6.21. The van der Waals surface area contributed by atoms with E-state index in [0.29, 0.717) is 5.82 Å². The Morgan fingerprint density at radius 2 is 2.00 bits per heavy atom. The Morgan fingerprint density at radius 3 is 2.67 bits per heavy atom. The molecule has 110 valence electrons. The van der Waals surface area contributed by atoms with E-state index in [4.69, 9.17) is 5.11 Å². The predicted molar refractivity (Wildman–Crippen MR) is 80.5 cm³/mol. The third-order valence-corrected chi connectivity index (χ3v) is 2.83. The van der Waals surface area contributed by atoms with Crippen LogP contribution in [0.4, 0.5) is 5.82 Å². The van der Waals surface area contributed by atoms with Crippen molar-refractivity contribution < 1.29 is 14.7 Å². The standard InChI is InChI=1S/C15H17N3O3/c1-9(2)17-13(19)8-16-14-11-6-4-3-5-10(11)7-12(18-14)15(20)21/h3-7,9H,8H2,1-2H3,(H,16,18)(H,17,19)(H,20,21). The molecule has 0 aliphatic heterocycles. The summed E-state index contributed by atoms with van der Waals surface area (Å²) in [7, 11) is 0. The zero-order valence-corrected chi connectivity index (χ0v) is 11.9. The van der Waals surface area contributed by atoms with Crippen LogP contribution in [0.15, 0.2) is 30.3 Å². The number of carboxylic acids is 1. The van der Waals surface area contributed by atoms with E-state index in [1.165, 1.54) is 6.07 Å². The second-order valence-electron chi connectivity index (χ2n) is 4.96. The first kappa shape index (κ1) is 14.8. The molecule has 0 radical (unpaired) electrons. The molecular weight excluding hydrogens is 270 g/mol. The molecule has 6 heteroatoms. The number of aromatic nitrogens is 1. The molecule has 1 amide bonds. The van der Waals surface area contributed by atoms with Crippen molar-refractivity contribution in [2.24, 2.45) is 0 Å². The van der Waals surface area contributed by atoms with E-state index >= 15 is 0 Å². The van der Waals surface area contributed by atoms with Crippen molar-refractivity contribution in [2.45, 2.75) is 19.9 Å². The molecular formula is C15H17N3O3. The van der Waals surface area contributed by atoms with Gasteiger partial charge >= 0.3 is 5.97 Å². The largest absolute Gasteiger partial charge is 0.477 e. The van der Waals surface area contributed by atoms with E-state index < -0.39 is 5.97 Å². The fraction of sp³-hybridized carbons (Fsp3) is 0.267. The fourth-order valence-corrected chi connectivity index (χ4v) is 1.98. The third-order valence-electron chi connectivity index (χ3n) is 2.83. The molecule has 0 bridgehead atoms. The normalized spacial score (nSPS) is 10.6. The first-order valence-corrected chi connectivity index (χ1v) is 6.63. The molecule has 6 nitrogen and oxygen atoms in total. The Balaban J connectivity index is 2.29. The molecule has 3 N–H and O–H groups in total. The highest BCUT2D eigenvalue weighted by Crippen LogP contribution is 2.22. The van der Waals surface area contributed by atoms with Gasteiger partial charge in [-0.15, -0.1) is 0 Å².